The fourth-order valence-corrected chi connectivity index (χ4v) is 7.94. The monoisotopic (exact) mass is 688 g/mol. The van der Waals surface area contributed by atoms with Gasteiger partial charge in [-0.15, -0.1) is 11.3 Å². The molecule has 1 saturated heterocycles. The quantitative estimate of drug-likeness (QED) is 0.112. The second-order valence-electron chi connectivity index (χ2n) is 11.9. The van der Waals surface area contributed by atoms with Gasteiger partial charge in [0.05, 0.1) is 29.9 Å². The molecule has 10 nitrogen and oxygen atoms in total. The molecule has 2 aromatic carbocycles. The number of para-hydroxylation sites is 1. The summed E-state index contributed by atoms with van der Waals surface area (Å²) in [5.41, 5.74) is 16.3. The fraction of sp³-hybridized carbons (Fsp3) is 0.343. The standard InChI is InChI=1S/C35H38FN7O3S2/c1-22(31(37)41-34-39-26-11-2-3-12-28(26)47-34)24-10-7-19-43(32(24)38)35-40-30(33(44)45)29(48-35)13-8-20-46-27-15-14-23(21-25(27)36)9-6-18-42-16-4-5-17-42/h2-3,11-12,14-15,21H,4-5,7-8,10,13,16-20,37-38H2,1H3,(H,39,41)(H,44,45)/p+1/b31-22+. The number of carbonyl (C=O) groups is 1. The van der Waals surface area contributed by atoms with Crippen LogP contribution in [0.4, 0.5) is 14.7 Å². The molecule has 0 atom stereocenters. The van der Waals surface area contributed by atoms with Crippen molar-refractivity contribution in [2.75, 3.05) is 43.0 Å². The zero-order valence-electron chi connectivity index (χ0n) is 26.8. The molecule has 4 aromatic rings. The summed E-state index contributed by atoms with van der Waals surface area (Å²) < 4.78 is 21.5. The Hall–Kier alpha value is -4.64. The molecular formula is C35H39FN7O3S2+. The zero-order chi connectivity index (χ0) is 33.6. The second-order valence-corrected chi connectivity index (χ2v) is 14.0. The Bertz CT molecular complexity index is 1900. The highest BCUT2D eigenvalue weighted by atomic mass is 32.1. The van der Waals surface area contributed by atoms with Gasteiger partial charge in [0, 0.05) is 29.8 Å². The highest BCUT2D eigenvalue weighted by Crippen LogP contribution is 2.35. The Kier molecular flexibility index (Phi) is 10.4. The molecule has 4 heterocycles. The molecule has 0 unspecified atom stereocenters. The third kappa shape index (κ3) is 7.73. The number of ether oxygens (including phenoxy) is 1. The predicted molar refractivity (Wildman–Crippen MR) is 189 cm³/mol. The van der Waals surface area contributed by atoms with Gasteiger partial charge in [-0.05, 0) is 80.0 Å². The van der Waals surface area contributed by atoms with Gasteiger partial charge < -0.3 is 36.4 Å². The molecule has 7 N–H and O–H groups in total. The van der Waals surface area contributed by atoms with Crippen molar-refractivity contribution in [1.29, 1.82) is 0 Å². The highest BCUT2D eigenvalue weighted by molar-refractivity contribution is 7.22. The number of likely N-dealkylation sites (tertiary alicyclic amines) is 1. The molecule has 0 aliphatic carbocycles. The van der Waals surface area contributed by atoms with Crippen molar-refractivity contribution in [2.24, 2.45) is 11.5 Å². The van der Waals surface area contributed by atoms with Crippen LogP contribution < -0.4 is 31.3 Å². The number of anilines is 2. The van der Waals surface area contributed by atoms with Crippen LogP contribution in [0.1, 0.15) is 60.0 Å². The number of nitrogens with one attached hydrogen (secondary N) is 2. The maximum absolute atomic E-state index is 14.7. The molecule has 2 aliphatic heterocycles. The summed E-state index contributed by atoms with van der Waals surface area (Å²) in [6, 6.07) is 12.6. The van der Waals surface area contributed by atoms with E-state index in [0.717, 1.165) is 53.8 Å². The van der Waals surface area contributed by atoms with Gasteiger partial charge in [0.2, 0.25) is 0 Å². The van der Waals surface area contributed by atoms with Crippen LogP contribution in [0, 0.1) is 17.7 Å². The van der Waals surface area contributed by atoms with E-state index in [4.69, 9.17) is 16.2 Å². The van der Waals surface area contributed by atoms with Crippen LogP contribution in [-0.2, 0) is 6.42 Å². The van der Waals surface area contributed by atoms with E-state index in [1.54, 1.807) is 12.1 Å². The highest BCUT2D eigenvalue weighted by Gasteiger charge is 2.27. The lowest BCUT2D eigenvalue weighted by Gasteiger charge is -2.30. The number of carboxylic acid groups (broad SMARTS) is 1. The van der Waals surface area contributed by atoms with E-state index in [1.807, 2.05) is 36.1 Å². The van der Waals surface area contributed by atoms with Crippen LogP contribution >= 0.6 is 22.7 Å². The number of carboxylic acids is 1. The first-order valence-corrected chi connectivity index (χ1v) is 17.7. The van der Waals surface area contributed by atoms with E-state index < -0.39 is 11.8 Å². The van der Waals surface area contributed by atoms with Gasteiger partial charge in [0.25, 0.3) is 0 Å². The third-order valence-electron chi connectivity index (χ3n) is 8.54. The average molecular weight is 689 g/mol. The molecular weight excluding hydrogens is 650 g/mol. The maximum Gasteiger partial charge on any atom is 0.355 e. The second kappa shape index (κ2) is 15.1. The number of aryl methyl sites for hydroxylation is 1. The molecule has 0 spiro atoms. The molecule has 48 heavy (non-hydrogen) atoms. The first kappa shape index (κ1) is 33.3. The molecule has 13 heteroatoms. The summed E-state index contributed by atoms with van der Waals surface area (Å²) in [5, 5.41) is 14.3. The smallest absolute Gasteiger partial charge is 0.355 e. The van der Waals surface area contributed by atoms with E-state index in [2.05, 4.69) is 27.1 Å². The summed E-state index contributed by atoms with van der Waals surface area (Å²) in [6.07, 6.45) is 4.89. The molecule has 0 saturated carbocycles. The lowest BCUT2D eigenvalue weighted by atomic mass is 9.99. The first-order valence-electron chi connectivity index (χ1n) is 16.1. The van der Waals surface area contributed by atoms with Crippen molar-refractivity contribution in [2.45, 2.75) is 45.4 Å². The maximum atomic E-state index is 14.7. The minimum Gasteiger partial charge on any atom is -0.491 e. The van der Waals surface area contributed by atoms with Crippen LogP contribution in [0.2, 0.25) is 0 Å². The van der Waals surface area contributed by atoms with E-state index in [0.29, 0.717) is 51.7 Å². The van der Waals surface area contributed by atoms with Crippen molar-refractivity contribution in [3.05, 3.63) is 87.2 Å². The van der Waals surface area contributed by atoms with Crippen LogP contribution in [0.25, 0.3) is 10.2 Å². The number of thiazole rings is 2. The van der Waals surface area contributed by atoms with Gasteiger partial charge in [-0.3, -0.25) is 0 Å². The van der Waals surface area contributed by atoms with Crippen LogP contribution in [0.3, 0.4) is 0 Å². The number of aromatic carboxylic acids is 1. The zero-order valence-corrected chi connectivity index (χ0v) is 28.4. The van der Waals surface area contributed by atoms with Crippen molar-refractivity contribution in [3.63, 3.8) is 0 Å². The minimum absolute atomic E-state index is 0.0101. The van der Waals surface area contributed by atoms with E-state index in [-0.39, 0.29) is 18.1 Å². The molecule has 1 fully saturated rings. The van der Waals surface area contributed by atoms with Crippen LogP contribution in [-0.4, -0.2) is 53.8 Å². The Balaban J connectivity index is 1.09. The van der Waals surface area contributed by atoms with Gasteiger partial charge in [0.1, 0.15) is 18.2 Å². The number of fused-ring (bicyclic) bond motifs is 1. The third-order valence-corrected chi connectivity index (χ3v) is 10.6. The van der Waals surface area contributed by atoms with Crippen molar-refractivity contribution >= 4 is 49.1 Å². The lowest BCUT2D eigenvalue weighted by Crippen LogP contribution is -3.09. The Labute approximate surface area is 286 Å². The summed E-state index contributed by atoms with van der Waals surface area (Å²) in [5.74, 6) is 5.72. The van der Waals surface area contributed by atoms with Crippen LogP contribution in [0.5, 0.6) is 5.75 Å². The lowest BCUT2D eigenvalue weighted by molar-refractivity contribution is -0.879. The van der Waals surface area contributed by atoms with E-state index in [1.165, 1.54) is 46.5 Å². The summed E-state index contributed by atoms with van der Waals surface area (Å²) in [7, 11) is 0. The Morgan fingerprint density at radius 3 is 2.75 bits per heavy atom. The summed E-state index contributed by atoms with van der Waals surface area (Å²) in [6.45, 7) is 5.80. The van der Waals surface area contributed by atoms with Gasteiger partial charge in [-0.1, -0.05) is 29.4 Å². The van der Waals surface area contributed by atoms with Crippen LogP contribution in [0.15, 0.2) is 65.3 Å². The van der Waals surface area contributed by atoms with Crippen molar-refractivity contribution in [1.82, 2.24) is 9.97 Å². The van der Waals surface area contributed by atoms with Gasteiger partial charge in [-0.25, -0.2) is 19.2 Å². The Morgan fingerprint density at radius 2 is 1.98 bits per heavy atom. The number of nitrogens with zero attached hydrogens (tertiary/aromatic N) is 3. The van der Waals surface area contributed by atoms with Gasteiger partial charge in [-0.2, -0.15) is 0 Å². The summed E-state index contributed by atoms with van der Waals surface area (Å²) >= 11 is 2.81. The number of hydrogen-bond acceptors (Lipinski definition) is 10. The SMILES string of the molecule is C/C(C1=C(N)N(c2nc(C(=O)O)c(CCCOc3ccc(C#CC[NH+]4CCCC4)cc3F)s2)CCC1)=C(/N)Nc1nc2ccccc2s1. The number of benzene rings is 2. The first-order chi connectivity index (χ1) is 23.3. The minimum atomic E-state index is -1.11. The molecule has 2 aliphatic rings. The number of halogens is 1. The fourth-order valence-electron chi connectivity index (χ4n) is 5.93. The number of hydrogen-bond donors (Lipinski definition) is 5. The van der Waals surface area contributed by atoms with Gasteiger partial charge in [0.15, 0.2) is 27.5 Å². The largest absolute Gasteiger partial charge is 0.491 e. The number of aromatic nitrogens is 2. The summed E-state index contributed by atoms with van der Waals surface area (Å²) in [4.78, 5) is 25.1. The molecule has 6 rings (SSSR count). The topological polar surface area (TPSA) is 144 Å². The average Bonchev–Trinajstić information content (AvgIpc) is 3.84. The van der Waals surface area contributed by atoms with Crippen molar-refractivity contribution < 1.29 is 23.9 Å². The predicted octanol–water partition coefficient (Wildman–Crippen LogP) is 4.70. The Morgan fingerprint density at radius 1 is 1.17 bits per heavy atom. The number of nitrogens with two attached hydrogens (primary N) is 2. The van der Waals surface area contributed by atoms with Gasteiger partial charge >= 0.3 is 5.97 Å². The molecule has 250 valence electrons. The molecule has 0 amide bonds. The number of quaternary nitrogens is 1. The van der Waals surface area contributed by atoms with E-state index in [9.17, 15) is 14.3 Å². The normalized spacial score (nSPS) is 15.8. The van der Waals surface area contributed by atoms with E-state index >= 15 is 0 Å². The molecule has 2 aromatic heterocycles. The molecule has 0 bridgehead atoms. The number of rotatable bonds is 11. The van der Waals surface area contributed by atoms with Crippen molar-refractivity contribution in [3.8, 4) is 17.6 Å². The molecule has 0 radical (unpaired) electrons. The number of allylic oxidation sites excluding steroid dienone is 2.